The van der Waals surface area contributed by atoms with E-state index in [-0.39, 0.29) is 6.10 Å². The Bertz CT molecular complexity index is 322. The normalized spacial score (nSPS) is 12.5. The summed E-state index contributed by atoms with van der Waals surface area (Å²) in [5, 5.41) is 0. The number of rotatable bonds is 5. The first-order valence-electron chi connectivity index (χ1n) is 4.88. The monoisotopic (exact) mass is 212 g/mol. The topological polar surface area (TPSA) is 64.2 Å². The summed E-state index contributed by atoms with van der Waals surface area (Å²) >= 11 is 0. The van der Waals surface area contributed by atoms with Gasteiger partial charge in [-0.15, -0.1) is 0 Å². The molecule has 0 amide bonds. The van der Waals surface area contributed by atoms with Gasteiger partial charge in [-0.05, 0) is 6.42 Å². The maximum Gasteiger partial charge on any atom is 0.356 e. The summed E-state index contributed by atoms with van der Waals surface area (Å²) in [5.74, 6) is 0.250. The zero-order valence-electron chi connectivity index (χ0n) is 9.24. The van der Waals surface area contributed by atoms with E-state index in [0.717, 1.165) is 12.8 Å². The van der Waals surface area contributed by atoms with E-state index in [0.29, 0.717) is 11.5 Å². The fourth-order valence-electron chi connectivity index (χ4n) is 1.34. The lowest BCUT2D eigenvalue weighted by Crippen LogP contribution is -2.05. The van der Waals surface area contributed by atoms with E-state index in [1.165, 1.54) is 13.3 Å². The molecule has 0 radical (unpaired) electrons. The molecule has 1 rings (SSSR count). The molecule has 1 heterocycles. The quantitative estimate of drug-likeness (QED) is 0.754. The standard InChI is InChI=1S/C10H16N2O3/c1-4-5-8(14-2)9-11-6-7(12-9)10(13)15-3/h6,8H,4-5H2,1-3H3,(H,11,12). The third-order valence-electron chi connectivity index (χ3n) is 2.14. The number of methoxy groups -OCH3 is 2. The highest BCUT2D eigenvalue weighted by molar-refractivity contribution is 5.86. The van der Waals surface area contributed by atoms with Gasteiger partial charge in [0.25, 0.3) is 0 Å². The van der Waals surface area contributed by atoms with E-state index in [4.69, 9.17) is 4.74 Å². The van der Waals surface area contributed by atoms with Crippen molar-refractivity contribution in [1.29, 1.82) is 0 Å². The molecular weight excluding hydrogens is 196 g/mol. The summed E-state index contributed by atoms with van der Waals surface area (Å²) in [6, 6.07) is 0. The second-order valence-corrected chi connectivity index (χ2v) is 3.19. The van der Waals surface area contributed by atoms with Gasteiger partial charge in [0.15, 0.2) is 0 Å². The number of nitrogens with zero attached hydrogens (tertiary/aromatic N) is 1. The summed E-state index contributed by atoms with van der Waals surface area (Å²) in [6.07, 6.45) is 3.23. The molecule has 0 aliphatic rings. The van der Waals surface area contributed by atoms with Gasteiger partial charge >= 0.3 is 5.97 Å². The second kappa shape index (κ2) is 5.50. The number of H-pyrrole nitrogens is 1. The number of nitrogens with one attached hydrogen (secondary N) is 1. The maximum absolute atomic E-state index is 11.2. The Morgan fingerprint density at radius 3 is 2.87 bits per heavy atom. The van der Waals surface area contributed by atoms with Gasteiger partial charge in [0, 0.05) is 7.11 Å². The Hall–Kier alpha value is -1.36. The van der Waals surface area contributed by atoms with Gasteiger partial charge in [0.05, 0.1) is 13.3 Å². The number of carbonyl (C=O) groups excluding carboxylic acids is 1. The summed E-state index contributed by atoms with van der Waals surface area (Å²) in [4.78, 5) is 18.1. The maximum atomic E-state index is 11.2. The first-order chi connectivity index (χ1) is 7.22. The predicted molar refractivity (Wildman–Crippen MR) is 54.6 cm³/mol. The molecular formula is C10H16N2O3. The molecule has 0 fully saturated rings. The smallest absolute Gasteiger partial charge is 0.356 e. The summed E-state index contributed by atoms with van der Waals surface area (Å²) in [5.41, 5.74) is 0.352. The summed E-state index contributed by atoms with van der Waals surface area (Å²) < 4.78 is 9.83. The summed E-state index contributed by atoms with van der Waals surface area (Å²) in [6.45, 7) is 2.07. The van der Waals surface area contributed by atoms with Crippen molar-refractivity contribution in [2.75, 3.05) is 14.2 Å². The van der Waals surface area contributed by atoms with Crippen LogP contribution in [-0.2, 0) is 9.47 Å². The van der Waals surface area contributed by atoms with Gasteiger partial charge in [-0.2, -0.15) is 0 Å². The lowest BCUT2D eigenvalue weighted by molar-refractivity contribution is 0.0592. The number of carbonyl (C=O) groups is 1. The van der Waals surface area contributed by atoms with Gasteiger partial charge in [0.1, 0.15) is 17.6 Å². The summed E-state index contributed by atoms with van der Waals surface area (Å²) in [7, 11) is 2.96. The van der Waals surface area contributed by atoms with E-state index < -0.39 is 5.97 Å². The van der Waals surface area contributed by atoms with Crippen molar-refractivity contribution >= 4 is 5.97 Å². The van der Waals surface area contributed by atoms with Crippen molar-refractivity contribution in [3.8, 4) is 0 Å². The van der Waals surface area contributed by atoms with E-state index in [9.17, 15) is 4.79 Å². The van der Waals surface area contributed by atoms with E-state index >= 15 is 0 Å². The molecule has 5 heteroatoms. The lowest BCUT2D eigenvalue weighted by Gasteiger charge is -2.10. The van der Waals surface area contributed by atoms with Crippen LogP contribution in [0, 0.1) is 0 Å². The van der Waals surface area contributed by atoms with Crippen LogP contribution in [-0.4, -0.2) is 30.2 Å². The molecule has 1 aromatic heterocycles. The minimum atomic E-state index is -0.417. The SMILES string of the molecule is CCCC(OC)c1ncc(C(=O)OC)[nH]1. The van der Waals surface area contributed by atoms with Crippen molar-refractivity contribution in [2.24, 2.45) is 0 Å². The first-order valence-corrected chi connectivity index (χ1v) is 4.88. The lowest BCUT2D eigenvalue weighted by atomic mass is 10.2. The first kappa shape index (κ1) is 11.7. The van der Waals surface area contributed by atoms with Gasteiger partial charge in [-0.3, -0.25) is 0 Å². The Morgan fingerprint density at radius 1 is 1.60 bits per heavy atom. The van der Waals surface area contributed by atoms with Crippen LogP contribution < -0.4 is 0 Å². The minimum Gasteiger partial charge on any atom is -0.464 e. The number of esters is 1. The average molecular weight is 212 g/mol. The molecule has 1 aromatic rings. The molecule has 1 atom stereocenters. The van der Waals surface area contributed by atoms with Crippen LogP contribution >= 0.6 is 0 Å². The van der Waals surface area contributed by atoms with Gasteiger partial charge in [-0.1, -0.05) is 13.3 Å². The zero-order chi connectivity index (χ0) is 11.3. The molecule has 1 N–H and O–H groups in total. The van der Waals surface area contributed by atoms with Crippen molar-refractivity contribution in [3.63, 3.8) is 0 Å². The van der Waals surface area contributed by atoms with Crippen molar-refractivity contribution in [3.05, 3.63) is 17.7 Å². The minimum absolute atomic E-state index is 0.0894. The molecule has 1 unspecified atom stereocenters. The predicted octanol–water partition coefficient (Wildman–Crippen LogP) is 1.68. The fraction of sp³-hybridized carbons (Fsp3) is 0.600. The van der Waals surface area contributed by atoms with Gasteiger partial charge in [0.2, 0.25) is 0 Å². The Morgan fingerprint density at radius 2 is 2.33 bits per heavy atom. The number of hydrogen-bond donors (Lipinski definition) is 1. The number of aromatic amines is 1. The van der Waals surface area contributed by atoms with Crippen LogP contribution in [0.25, 0.3) is 0 Å². The highest BCUT2D eigenvalue weighted by Gasteiger charge is 2.16. The Labute approximate surface area is 88.8 Å². The van der Waals surface area contributed by atoms with Crippen molar-refractivity contribution in [1.82, 2.24) is 9.97 Å². The Balaban J connectivity index is 2.77. The van der Waals surface area contributed by atoms with E-state index in [1.54, 1.807) is 7.11 Å². The molecule has 0 saturated heterocycles. The van der Waals surface area contributed by atoms with Crippen LogP contribution in [0.15, 0.2) is 6.20 Å². The third kappa shape index (κ3) is 2.79. The van der Waals surface area contributed by atoms with E-state index in [2.05, 4.69) is 21.6 Å². The van der Waals surface area contributed by atoms with Crippen LogP contribution in [0.3, 0.4) is 0 Å². The largest absolute Gasteiger partial charge is 0.464 e. The molecule has 0 aromatic carbocycles. The molecule has 84 valence electrons. The van der Waals surface area contributed by atoms with Crippen LogP contribution in [0.5, 0.6) is 0 Å². The van der Waals surface area contributed by atoms with Gasteiger partial charge in [-0.25, -0.2) is 9.78 Å². The van der Waals surface area contributed by atoms with Crippen LogP contribution in [0.1, 0.15) is 42.2 Å². The molecule has 0 bridgehead atoms. The molecule has 15 heavy (non-hydrogen) atoms. The van der Waals surface area contributed by atoms with Crippen LogP contribution in [0.4, 0.5) is 0 Å². The molecule has 0 spiro atoms. The fourth-order valence-corrected chi connectivity index (χ4v) is 1.34. The van der Waals surface area contributed by atoms with Crippen molar-refractivity contribution < 1.29 is 14.3 Å². The second-order valence-electron chi connectivity index (χ2n) is 3.19. The highest BCUT2D eigenvalue weighted by atomic mass is 16.5. The Kier molecular flexibility index (Phi) is 4.30. The number of ether oxygens (including phenoxy) is 2. The van der Waals surface area contributed by atoms with Gasteiger partial charge < -0.3 is 14.5 Å². The van der Waals surface area contributed by atoms with Crippen molar-refractivity contribution in [2.45, 2.75) is 25.9 Å². The average Bonchev–Trinajstić information content (AvgIpc) is 2.73. The number of imidazole rings is 1. The third-order valence-corrected chi connectivity index (χ3v) is 2.14. The molecule has 0 aliphatic heterocycles. The van der Waals surface area contributed by atoms with Crippen LogP contribution in [0.2, 0.25) is 0 Å². The number of hydrogen-bond acceptors (Lipinski definition) is 4. The number of aromatic nitrogens is 2. The highest BCUT2D eigenvalue weighted by Crippen LogP contribution is 2.18. The zero-order valence-corrected chi connectivity index (χ0v) is 9.24. The van der Waals surface area contributed by atoms with E-state index in [1.807, 2.05) is 0 Å². The molecule has 5 nitrogen and oxygen atoms in total. The molecule has 0 saturated carbocycles. The molecule has 0 aliphatic carbocycles.